The molecule has 3 amide bonds. The molecule has 39 heavy (non-hydrogen) atoms. The Morgan fingerprint density at radius 1 is 0.949 bits per heavy atom. The number of ether oxygens (including phenoxy) is 2. The first-order valence-corrected chi connectivity index (χ1v) is 13.8. The van der Waals surface area contributed by atoms with Crippen LogP contribution in [-0.2, 0) is 11.2 Å². The van der Waals surface area contributed by atoms with Crippen molar-refractivity contribution in [1.82, 2.24) is 14.7 Å². The van der Waals surface area contributed by atoms with Gasteiger partial charge in [-0.1, -0.05) is 0 Å². The molecule has 0 radical (unpaired) electrons. The molecule has 0 bridgehead atoms. The summed E-state index contributed by atoms with van der Waals surface area (Å²) >= 11 is 0. The summed E-state index contributed by atoms with van der Waals surface area (Å²) in [4.78, 5) is 35.8. The second-order valence-corrected chi connectivity index (χ2v) is 10.8. The van der Waals surface area contributed by atoms with E-state index in [1.165, 1.54) is 0 Å². The highest BCUT2D eigenvalue weighted by molar-refractivity contribution is 5.95. The molecular formula is C29H40N6O4. The Balaban J connectivity index is 1.21. The fourth-order valence-corrected chi connectivity index (χ4v) is 5.46. The van der Waals surface area contributed by atoms with Crippen molar-refractivity contribution in [2.24, 2.45) is 0 Å². The van der Waals surface area contributed by atoms with E-state index >= 15 is 0 Å². The third-order valence-electron chi connectivity index (χ3n) is 7.86. The molecule has 0 aliphatic carbocycles. The Morgan fingerprint density at radius 2 is 1.62 bits per heavy atom. The largest absolute Gasteiger partial charge is 0.497 e. The summed E-state index contributed by atoms with van der Waals surface area (Å²) in [5.41, 5.74) is 3.92. The average molecular weight is 537 g/mol. The lowest BCUT2D eigenvalue weighted by molar-refractivity contribution is -0.123. The Bertz CT molecular complexity index is 1170. The van der Waals surface area contributed by atoms with Crippen LogP contribution in [0.2, 0.25) is 0 Å². The molecule has 1 N–H and O–H groups in total. The third kappa shape index (κ3) is 6.00. The van der Waals surface area contributed by atoms with E-state index < -0.39 is 6.10 Å². The zero-order valence-corrected chi connectivity index (χ0v) is 23.5. The second-order valence-electron chi connectivity index (χ2n) is 10.8. The van der Waals surface area contributed by atoms with E-state index in [1.54, 1.807) is 26.1 Å². The van der Waals surface area contributed by atoms with Crippen molar-refractivity contribution in [3.63, 3.8) is 0 Å². The molecule has 10 heteroatoms. The van der Waals surface area contributed by atoms with E-state index in [9.17, 15) is 9.59 Å². The number of carbonyl (C=O) groups excluding carboxylic acids is 2. The van der Waals surface area contributed by atoms with Gasteiger partial charge in [-0.15, -0.1) is 0 Å². The molecule has 0 aromatic heterocycles. The Labute approximate surface area is 231 Å². The zero-order chi connectivity index (χ0) is 27.5. The number of likely N-dealkylation sites (N-methyl/N-ethyl adjacent to an activating group) is 1. The van der Waals surface area contributed by atoms with Crippen LogP contribution in [-0.4, -0.2) is 113 Å². The number of hydrogen-bond donors (Lipinski definition) is 1. The summed E-state index contributed by atoms with van der Waals surface area (Å²) in [5, 5.41) is 3.05. The summed E-state index contributed by atoms with van der Waals surface area (Å²) in [5.74, 6) is 1.48. The van der Waals surface area contributed by atoms with Gasteiger partial charge in [-0.05, 0) is 50.2 Å². The Kier molecular flexibility index (Phi) is 8.02. The van der Waals surface area contributed by atoms with Crippen molar-refractivity contribution in [3.05, 3.63) is 42.0 Å². The maximum absolute atomic E-state index is 13.2. The number of piperazine rings is 2. The smallest absolute Gasteiger partial charge is 0.319 e. The molecule has 3 aliphatic heterocycles. The van der Waals surface area contributed by atoms with Gasteiger partial charge < -0.3 is 39.3 Å². The van der Waals surface area contributed by atoms with Crippen LogP contribution in [0.25, 0.3) is 0 Å². The minimum atomic E-state index is -0.556. The standard InChI is InChI=1S/C29H40N6O4/c1-31(2)29(37)35-17-15-33(16-18-35)23-8-6-22(7-9-23)30-28(36)26-10-5-21-19-24(38-4)20-25(27(21)39-26)34-13-11-32(3)12-14-34/h6-9,19-20,26H,5,10-18H2,1-4H3,(H,30,36). The van der Waals surface area contributed by atoms with E-state index in [2.05, 4.69) is 27.1 Å². The highest BCUT2D eigenvalue weighted by atomic mass is 16.5. The molecule has 3 heterocycles. The number of amides is 3. The summed E-state index contributed by atoms with van der Waals surface area (Å²) in [6.45, 7) is 6.72. The van der Waals surface area contributed by atoms with Crippen LogP contribution in [0.3, 0.4) is 0 Å². The van der Waals surface area contributed by atoms with Crippen molar-refractivity contribution in [2.45, 2.75) is 18.9 Å². The van der Waals surface area contributed by atoms with Gasteiger partial charge >= 0.3 is 6.03 Å². The van der Waals surface area contributed by atoms with E-state index in [1.807, 2.05) is 41.3 Å². The molecule has 1 atom stereocenters. The van der Waals surface area contributed by atoms with E-state index in [4.69, 9.17) is 9.47 Å². The van der Waals surface area contributed by atoms with Crippen LogP contribution in [0.5, 0.6) is 11.5 Å². The van der Waals surface area contributed by atoms with Crippen LogP contribution in [0.15, 0.2) is 36.4 Å². The van der Waals surface area contributed by atoms with Gasteiger partial charge in [0.05, 0.1) is 12.8 Å². The van der Waals surface area contributed by atoms with Crippen LogP contribution >= 0.6 is 0 Å². The number of fused-ring (bicyclic) bond motifs is 1. The van der Waals surface area contributed by atoms with E-state index in [0.717, 1.165) is 79.8 Å². The van der Waals surface area contributed by atoms with E-state index in [0.29, 0.717) is 19.5 Å². The molecule has 1 unspecified atom stereocenters. The fraction of sp³-hybridized carbons (Fsp3) is 0.517. The van der Waals surface area contributed by atoms with Gasteiger partial charge in [-0.3, -0.25) is 4.79 Å². The van der Waals surface area contributed by atoms with Crippen LogP contribution < -0.4 is 24.6 Å². The molecule has 2 fully saturated rings. The van der Waals surface area contributed by atoms with Gasteiger partial charge in [0.2, 0.25) is 0 Å². The Hall–Kier alpha value is -3.66. The first-order chi connectivity index (χ1) is 18.8. The van der Waals surface area contributed by atoms with E-state index in [-0.39, 0.29) is 11.9 Å². The summed E-state index contributed by atoms with van der Waals surface area (Å²) in [6, 6.07) is 12.0. The average Bonchev–Trinajstić information content (AvgIpc) is 2.96. The predicted octanol–water partition coefficient (Wildman–Crippen LogP) is 2.58. The first kappa shape index (κ1) is 26.9. The van der Waals surface area contributed by atoms with Gasteiger partial charge in [0, 0.05) is 89.5 Å². The number of anilines is 3. The lowest BCUT2D eigenvalue weighted by Gasteiger charge is -2.37. The lowest BCUT2D eigenvalue weighted by Crippen LogP contribution is -2.51. The van der Waals surface area contributed by atoms with Gasteiger partial charge in [-0.2, -0.15) is 0 Å². The molecule has 2 aromatic carbocycles. The van der Waals surface area contributed by atoms with Crippen molar-refractivity contribution in [1.29, 1.82) is 0 Å². The van der Waals surface area contributed by atoms with Crippen molar-refractivity contribution in [3.8, 4) is 11.5 Å². The lowest BCUT2D eigenvalue weighted by atomic mass is 9.99. The zero-order valence-electron chi connectivity index (χ0n) is 23.5. The number of benzene rings is 2. The molecule has 0 spiro atoms. The number of nitrogens with one attached hydrogen (secondary N) is 1. The molecule has 2 saturated heterocycles. The molecular weight excluding hydrogens is 496 g/mol. The quantitative estimate of drug-likeness (QED) is 0.629. The molecule has 2 aromatic rings. The second kappa shape index (κ2) is 11.6. The SMILES string of the molecule is COc1cc2c(c(N3CCN(C)CC3)c1)OC(C(=O)Nc1ccc(N3CCN(C(=O)N(C)C)CC3)cc1)CC2. The summed E-state index contributed by atoms with van der Waals surface area (Å²) in [7, 11) is 7.38. The van der Waals surface area contributed by atoms with Crippen LogP contribution in [0.1, 0.15) is 12.0 Å². The Morgan fingerprint density at radius 3 is 2.26 bits per heavy atom. The molecule has 0 saturated carbocycles. The number of hydrogen-bond acceptors (Lipinski definition) is 7. The highest BCUT2D eigenvalue weighted by Gasteiger charge is 2.31. The van der Waals surface area contributed by atoms with Crippen LogP contribution in [0, 0.1) is 0 Å². The normalized spacial score (nSPS) is 19.7. The number of rotatable bonds is 5. The molecule has 3 aliphatic rings. The topological polar surface area (TPSA) is 80.8 Å². The first-order valence-electron chi connectivity index (χ1n) is 13.8. The van der Waals surface area contributed by atoms with Gasteiger partial charge in [-0.25, -0.2) is 4.79 Å². The monoisotopic (exact) mass is 536 g/mol. The molecule has 10 nitrogen and oxygen atoms in total. The van der Waals surface area contributed by atoms with Gasteiger partial charge in [0.1, 0.15) is 11.5 Å². The minimum absolute atomic E-state index is 0.0510. The number of aryl methyl sites for hydroxylation is 1. The number of nitrogens with zero attached hydrogens (tertiary/aromatic N) is 5. The van der Waals surface area contributed by atoms with Crippen molar-refractivity contribution >= 4 is 29.0 Å². The number of urea groups is 1. The number of carbonyl (C=O) groups is 2. The fourth-order valence-electron chi connectivity index (χ4n) is 5.46. The molecule has 210 valence electrons. The summed E-state index contributed by atoms with van der Waals surface area (Å²) < 4.78 is 11.9. The maximum atomic E-state index is 13.2. The summed E-state index contributed by atoms with van der Waals surface area (Å²) in [6.07, 6.45) is 0.813. The minimum Gasteiger partial charge on any atom is -0.497 e. The van der Waals surface area contributed by atoms with Gasteiger partial charge in [0.15, 0.2) is 6.10 Å². The van der Waals surface area contributed by atoms with Crippen molar-refractivity contribution in [2.75, 3.05) is 95.7 Å². The third-order valence-corrected chi connectivity index (χ3v) is 7.86. The van der Waals surface area contributed by atoms with Crippen LogP contribution in [0.4, 0.5) is 21.9 Å². The highest BCUT2D eigenvalue weighted by Crippen LogP contribution is 2.41. The molecule has 5 rings (SSSR count). The maximum Gasteiger partial charge on any atom is 0.319 e. The van der Waals surface area contributed by atoms with Crippen molar-refractivity contribution < 1.29 is 19.1 Å². The predicted molar refractivity (Wildman–Crippen MR) is 153 cm³/mol. The number of methoxy groups -OCH3 is 1. The van der Waals surface area contributed by atoms with Gasteiger partial charge in [0.25, 0.3) is 5.91 Å².